The highest BCUT2D eigenvalue weighted by molar-refractivity contribution is 7.91. The molecule has 2 heterocycles. The molecular formula is C12H20N4O4S. The molecule has 0 radical (unpaired) electrons. The van der Waals surface area contributed by atoms with Crippen molar-refractivity contribution in [3.05, 3.63) is 16.3 Å². The highest BCUT2D eigenvalue weighted by atomic mass is 32.2. The molecule has 1 aliphatic rings. The molecule has 0 N–H and O–H groups in total. The van der Waals surface area contributed by atoms with E-state index in [1.54, 1.807) is 20.9 Å². The minimum absolute atomic E-state index is 0.00270. The number of amides is 1. The zero-order valence-electron chi connectivity index (χ0n) is 12.4. The maximum absolute atomic E-state index is 12.3. The molecule has 21 heavy (non-hydrogen) atoms. The molecule has 2 rings (SSSR count). The smallest absolute Gasteiger partial charge is 0.337 e. The van der Waals surface area contributed by atoms with Crippen molar-refractivity contribution in [3.8, 4) is 0 Å². The van der Waals surface area contributed by atoms with Crippen molar-refractivity contribution in [2.45, 2.75) is 32.9 Å². The second kappa shape index (κ2) is 5.63. The fraction of sp³-hybridized carbons (Fsp3) is 0.750. The standard InChI is InChI=1S/C12H20N4O4S/c1-4-15(10-5-6-21(19,20)8-10)11(17)7-16-12(18)14(3)9(2)13-16/h10H,4-8H2,1-3H3. The molecule has 1 aliphatic heterocycles. The largest absolute Gasteiger partial charge is 0.346 e. The van der Waals surface area contributed by atoms with Crippen LogP contribution in [0.15, 0.2) is 4.79 Å². The zero-order chi connectivity index (χ0) is 15.8. The lowest BCUT2D eigenvalue weighted by Crippen LogP contribution is -2.44. The van der Waals surface area contributed by atoms with Crippen LogP contribution in [0.1, 0.15) is 19.2 Å². The van der Waals surface area contributed by atoms with Crippen molar-refractivity contribution in [2.75, 3.05) is 18.1 Å². The monoisotopic (exact) mass is 316 g/mol. The Kier molecular flexibility index (Phi) is 4.22. The molecule has 118 valence electrons. The summed E-state index contributed by atoms with van der Waals surface area (Å²) in [4.78, 5) is 25.7. The lowest BCUT2D eigenvalue weighted by Gasteiger charge is -2.26. The first-order chi connectivity index (χ1) is 9.75. The van der Waals surface area contributed by atoms with E-state index in [0.29, 0.717) is 18.8 Å². The number of hydrogen-bond acceptors (Lipinski definition) is 5. The minimum Gasteiger partial charge on any atom is -0.337 e. The summed E-state index contributed by atoms with van der Waals surface area (Å²) in [6.45, 7) is 3.74. The van der Waals surface area contributed by atoms with E-state index in [1.807, 2.05) is 0 Å². The third kappa shape index (κ3) is 3.17. The van der Waals surface area contributed by atoms with Gasteiger partial charge in [-0.3, -0.25) is 9.36 Å². The van der Waals surface area contributed by atoms with E-state index in [0.717, 1.165) is 4.68 Å². The van der Waals surface area contributed by atoms with E-state index < -0.39 is 9.84 Å². The Balaban J connectivity index is 2.14. The van der Waals surface area contributed by atoms with Gasteiger partial charge in [-0.15, -0.1) is 0 Å². The fourth-order valence-electron chi connectivity index (χ4n) is 2.58. The van der Waals surface area contributed by atoms with Crippen LogP contribution in [-0.2, 0) is 28.2 Å². The first-order valence-electron chi connectivity index (χ1n) is 6.85. The van der Waals surface area contributed by atoms with E-state index in [-0.39, 0.29) is 35.7 Å². The van der Waals surface area contributed by atoms with Gasteiger partial charge >= 0.3 is 5.69 Å². The summed E-state index contributed by atoms with van der Waals surface area (Å²) in [6.07, 6.45) is 0.456. The number of rotatable bonds is 4. The average molecular weight is 316 g/mol. The van der Waals surface area contributed by atoms with Crippen molar-refractivity contribution >= 4 is 15.7 Å². The summed E-state index contributed by atoms with van der Waals surface area (Å²) < 4.78 is 25.6. The fourth-order valence-corrected chi connectivity index (χ4v) is 4.31. The quantitative estimate of drug-likeness (QED) is 0.705. The normalized spacial score (nSPS) is 20.6. The third-order valence-corrected chi connectivity index (χ3v) is 5.60. The lowest BCUT2D eigenvalue weighted by atomic mass is 10.2. The minimum atomic E-state index is -3.05. The number of carbonyl (C=O) groups is 1. The Morgan fingerprint density at radius 3 is 2.57 bits per heavy atom. The highest BCUT2D eigenvalue weighted by Crippen LogP contribution is 2.17. The molecule has 1 atom stereocenters. The van der Waals surface area contributed by atoms with Gasteiger partial charge < -0.3 is 4.90 Å². The summed E-state index contributed by atoms with van der Waals surface area (Å²) in [5.74, 6) is 0.367. The molecule has 8 nitrogen and oxygen atoms in total. The van der Waals surface area contributed by atoms with E-state index in [1.165, 1.54) is 9.47 Å². The second-order valence-corrected chi connectivity index (χ2v) is 7.51. The van der Waals surface area contributed by atoms with E-state index in [2.05, 4.69) is 5.10 Å². The number of sulfone groups is 1. The Bertz CT molecular complexity index is 703. The van der Waals surface area contributed by atoms with Gasteiger partial charge in [0.05, 0.1) is 11.5 Å². The van der Waals surface area contributed by atoms with Crippen LogP contribution < -0.4 is 5.69 Å². The number of likely N-dealkylation sites (N-methyl/N-ethyl adjacent to an activating group) is 1. The van der Waals surface area contributed by atoms with E-state index in [9.17, 15) is 18.0 Å². The van der Waals surface area contributed by atoms with E-state index >= 15 is 0 Å². The summed E-state index contributed by atoms with van der Waals surface area (Å²) >= 11 is 0. The third-order valence-electron chi connectivity index (χ3n) is 3.85. The molecule has 1 saturated heterocycles. The van der Waals surface area contributed by atoms with Crippen LogP contribution in [0.5, 0.6) is 0 Å². The second-order valence-electron chi connectivity index (χ2n) is 5.28. The first kappa shape index (κ1) is 15.7. The van der Waals surface area contributed by atoms with Gasteiger partial charge in [-0.2, -0.15) is 5.10 Å². The summed E-state index contributed by atoms with van der Waals surface area (Å²) in [5, 5.41) is 4.02. The number of aryl methyl sites for hydroxylation is 1. The molecule has 0 aromatic carbocycles. The number of nitrogens with zero attached hydrogens (tertiary/aromatic N) is 4. The average Bonchev–Trinajstić information content (AvgIpc) is 2.86. The topological polar surface area (TPSA) is 94.3 Å². The van der Waals surface area contributed by atoms with Crippen molar-refractivity contribution < 1.29 is 13.2 Å². The summed E-state index contributed by atoms with van der Waals surface area (Å²) in [7, 11) is -1.46. The molecule has 1 aromatic rings. The molecule has 1 aromatic heterocycles. The molecule has 0 bridgehead atoms. The van der Waals surface area contributed by atoms with E-state index in [4.69, 9.17) is 0 Å². The van der Waals surface area contributed by atoms with Gasteiger partial charge in [0.2, 0.25) is 5.91 Å². The molecule has 9 heteroatoms. The van der Waals surface area contributed by atoms with Crippen molar-refractivity contribution in [2.24, 2.45) is 7.05 Å². The lowest BCUT2D eigenvalue weighted by molar-refractivity contribution is -0.133. The molecule has 1 amide bonds. The molecule has 0 aliphatic carbocycles. The van der Waals surface area contributed by atoms with Crippen LogP contribution in [0.2, 0.25) is 0 Å². The van der Waals surface area contributed by atoms with Crippen molar-refractivity contribution in [1.29, 1.82) is 0 Å². The van der Waals surface area contributed by atoms with Gasteiger partial charge in [-0.05, 0) is 20.3 Å². The molecular weight excluding hydrogens is 296 g/mol. The zero-order valence-corrected chi connectivity index (χ0v) is 13.3. The molecule has 0 saturated carbocycles. The number of aromatic nitrogens is 3. The Labute approximate surface area is 123 Å². The molecule has 1 fully saturated rings. The van der Waals surface area contributed by atoms with Crippen LogP contribution >= 0.6 is 0 Å². The first-order valence-corrected chi connectivity index (χ1v) is 8.67. The maximum atomic E-state index is 12.3. The van der Waals surface area contributed by atoms with Gasteiger partial charge in [0, 0.05) is 19.6 Å². The van der Waals surface area contributed by atoms with Gasteiger partial charge in [0.15, 0.2) is 9.84 Å². The number of carbonyl (C=O) groups excluding carboxylic acids is 1. The van der Waals surface area contributed by atoms with Gasteiger partial charge in [-0.25, -0.2) is 17.9 Å². The molecule has 1 unspecified atom stereocenters. The Morgan fingerprint density at radius 1 is 1.48 bits per heavy atom. The van der Waals surface area contributed by atoms with Gasteiger partial charge in [0.25, 0.3) is 0 Å². The number of hydrogen-bond donors (Lipinski definition) is 0. The Hall–Kier alpha value is -1.64. The van der Waals surface area contributed by atoms with Crippen molar-refractivity contribution in [3.63, 3.8) is 0 Å². The SMILES string of the molecule is CCN(C(=O)Cn1nc(C)n(C)c1=O)C1CCS(=O)(=O)C1. The molecule has 0 spiro atoms. The summed E-state index contributed by atoms with van der Waals surface area (Å²) in [5.41, 5.74) is -0.351. The van der Waals surface area contributed by atoms with Gasteiger partial charge in [0.1, 0.15) is 12.4 Å². The highest BCUT2D eigenvalue weighted by Gasteiger charge is 2.34. The van der Waals surface area contributed by atoms with Crippen LogP contribution in [-0.4, -0.2) is 57.7 Å². The van der Waals surface area contributed by atoms with Crippen LogP contribution in [0.4, 0.5) is 0 Å². The maximum Gasteiger partial charge on any atom is 0.346 e. The van der Waals surface area contributed by atoms with Gasteiger partial charge in [-0.1, -0.05) is 0 Å². The predicted molar refractivity (Wildman–Crippen MR) is 76.7 cm³/mol. The van der Waals surface area contributed by atoms with Crippen LogP contribution in [0, 0.1) is 6.92 Å². The van der Waals surface area contributed by atoms with Crippen LogP contribution in [0.25, 0.3) is 0 Å². The predicted octanol–water partition coefficient (Wildman–Crippen LogP) is -1.07. The Morgan fingerprint density at radius 2 is 2.14 bits per heavy atom. The summed E-state index contributed by atoms with van der Waals surface area (Å²) in [6, 6.07) is -0.298. The van der Waals surface area contributed by atoms with Crippen molar-refractivity contribution in [1.82, 2.24) is 19.2 Å². The van der Waals surface area contributed by atoms with Crippen LogP contribution in [0.3, 0.4) is 0 Å².